The zero-order valence-electron chi connectivity index (χ0n) is 8.57. The summed E-state index contributed by atoms with van der Waals surface area (Å²) in [7, 11) is 0. The minimum Gasteiger partial charge on any atom is -0.505 e. The maximum Gasteiger partial charge on any atom is 0.165 e. The van der Waals surface area contributed by atoms with E-state index in [0.717, 1.165) is 11.3 Å². The van der Waals surface area contributed by atoms with Crippen molar-refractivity contribution in [2.75, 3.05) is 0 Å². The van der Waals surface area contributed by atoms with Crippen LogP contribution in [0.25, 0.3) is 0 Å². The highest BCUT2D eigenvalue weighted by molar-refractivity contribution is 5.27. The molecule has 4 nitrogen and oxygen atoms in total. The van der Waals surface area contributed by atoms with Gasteiger partial charge in [-0.05, 0) is 23.8 Å². The average Bonchev–Trinajstić information content (AvgIpc) is 2.76. The van der Waals surface area contributed by atoms with Gasteiger partial charge in [0.1, 0.15) is 0 Å². The van der Waals surface area contributed by atoms with E-state index in [1.165, 1.54) is 12.1 Å². The lowest BCUT2D eigenvalue weighted by Crippen LogP contribution is -2.13. The van der Waals surface area contributed by atoms with Gasteiger partial charge in [0.2, 0.25) is 0 Å². The molecule has 2 rings (SSSR count). The number of hydrogen-bond acceptors (Lipinski definition) is 3. The zero-order valence-corrected chi connectivity index (χ0v) is 8.57. The maximum absolute atomic E-state index is 13.0. The lowest BCUT2D eigenvalue weighted by molar-refractivity contribution is 0.431. The van der Waals surface area contributed by atoms with Gasteiger partial charge in [-0.1, -0.05) is 6.07 Å². The van der Waals surface area contributed by atoms with Gasteiger partial charge in [-0.3, -0.25) is 5.10 Å². The highest BCUT2D eigenvalue weighted by Crippen LogP contribution is 2.15. The van der Waals surface area contributed by atoms with E-state index in [2.05, 4.69) is 15.5 Å². The Balaban J connectivity index is 1.87. The third-order valence-corrected chi connectivity index (χ3v) is 2.22. The number of aromatic hydroxyl groups is 1. The van der Waals surface area contributed by atoms with Crippen molar-refractivity contribution in [2.24, 2.45) is 0 Å². The minimum absolute atomic E-state index is 0.322. The third kappa shape index (κ3) is 2.58. The van der Waals surface area contributed by atoms with Crippen LogP contribution in [0.4, 0.5) is 4.39 Å². The van der Waals surface area contributed by atoms with Crippen molar-refractivity contribution in [2.45, 2.75) is 13.1 Å². The molecule has 0 bridgehead atoms. The highest BCUT2D eigenvalue weighted by Gasteiger charge is 2.01. The van der Waals surface area contributed by atoms with E-state index < -0.39 is 5.82 Å². The second-order valence-electron chi connectivity index (χ2n) is 3.47. The first-order valence-electron chi connectivity index (χ1n) is 4.92. The van der Waals surface area contributed by atoms with E-state index in [4.69, 9.17) is 5.11 Å². The van der Waals surface area contributed by atoms with Gasteiger partial charge in [0.25, 0.3) is 0 Å². The van der Waals surface area contributed by atoms with E-state index in [-0.39, 0.29) is 5.75 Å². The lowest BCUT2D eigenvalue weighted by Gasteiger charge is -2.04. The van der Waals surface area contributed by atoms with Crippen LogP contribution in [-0.2, 0) is 13.1 Å². The zero-order chi connectivity index (χ0) is 11.4. The van der Waals surface area contributed by atoms with Crippen LogP contribution in [0.3, 0.4) is 0 Å². The summed E-state index contributed by atoms with van der Waals surface area (Å²) >= 11 is 0. The van der Waals surface area contributed by atoms with Crippen molar-refractivity contribution in [1.29, 1.82) is 0 Å². The third-order valence-electron chi connectivity index (χ3n) is 2.22. The quantitative estimate of drug-likeness (QED) is 0.734. The maximum atomic E-state index is 13.0. The number of rotatable bonds is 4. The van der Waals surface area contributed by atoms with Gasteiger partial charge in [0, 0.05) is 25.0 Å². The first-order chi connectivity index (χ1) is 7.75. The van der Waals surface area contributed by atoms with Gasteiger partial charge in [-0.25, -0.2) is 4.39 Å². The van der Waals surface area contributed by atoms with E-state index in [1.54, 1.807) is 12.3 Å². The Bertz CT molecular complexity index is 456. The van der Waals surface area contributed by atoms with E-state index >= 15 is 0 Å². The molecule has 0 amide bonds. The molecule has 0 saturated carbocycles. The number of phenolic OH excluding ortho intramolecular Hbond substituents is 1. The number of aromatic nitrogens is 2. The molecule has 0 atom stereocenters. The van der Waals surface area contributed by atoms with E-state index in [1.807, 2.05) is 6.07 Å². The minimum atomic E-state index is -0.596. The Morgan fingerprint density at radius 1 is 1.31 bits per heavy atom. The summed E-state index contributed by atoms with van der Waals surface area (Å²) in [5.74, 6) is -0.918. The van der Waals surface area contributed by atoms with E-state index in [9.17, 15) is 4.39 Å². The Hall–Kier alpha value is -1.88. The smallest absolute Gasteiger partial charge is 0.165 e. The molecular formula is C11H12FN3O. The molecule has 0 aliphatic heterocycles. The number of phenols is 1. The first kappa shape index (κ1) is 10.6. The van der Waals surface area contributed by atoms with Gasteiger partial charge in [0.15, 0.2) is 11.6 Å². The van der Waals surface area contributed by atoms with Crippen LogP contribution >= 0.6 is 0 Å². The van der Waals surface area contributed by atoms with Crippen molar-refractivity contribution in [1.82, 2.24) is 15.5 Å². The summed E-state index contributed by atoms with van der Waals surface area (Å²) in [6.45, 7) is 1.18. The molecule has 1 aromatic heterocycles. The number of halogens is 1. The van der Waals surface area contributed by atoms with Crippen molar-refractivity contribution >= 4 is 0 Å². The van der Waals surface area contributed by atoms with Gasteiger partial charge < -0.3 is 10.4 Å². The molecular weight excluding hydrogens is 209 g/mol. The summed E-state index contributed by atoms with van der Waals surface area (Å²) in [5, 5.41) is 18.8. The fraction of sp³-hybridized carbons (Fsp3) is 0.182. The molecule has 3 N–H and O–H groups in total. The molecule has 16 heavy (non-hydrogen) atoms. The summed E-state index contributed by atoms with van der Waals surface area (Å²) in [4.78, 5) is 0. The van der Waals surface area contributed by atoms with Crippen LogP contribution in [0.2, 0.25) is 0 Å². The van der Waals surface area contributed by atoms with E-state index in [0.29, 0.717) is 13.1 Å². The molecule has 0 aliphatic carbocycles. The van der Waals surface area contributed by atoms with Crippen molar-refractivity contribution in [3.8, 4) is 5.75 Å². The number of benzene rings is 1. The predicted octanol–water partition coefficient (Wildman–Crippen LogP) is 1.54. The molecule has 0 fully saturated rings. The van der Waals surface area contributed by atoms with Crippen LogP contribution in [0, 0.1) is 5.82 Å². The average molecular weight is 221 g/mol. The predicted molar refractivity (Wildman–Crippen MR) is 57.2 cm³/mol. The van der Waals surface area contributed by atoms with Crippen molar-refractivity contribution in [3.63, 3.8) is 0 Å². The summed E-state index contributed by atoms with van der Waals surface area (Å²) in [6.07, 6.45) is 1.68. The van der Waals surface area contributed by atoms with Crippen LogP contribution in [-0.4, -0.2) is 15.3 Å². The second-order valence-corrected chi connectivity index (χ2v) is 3.47. The molecule has 1 aromatic carbocycles. The van der Waals surface area contributed by atoms with Crippen molar-refractivity contribution in [3.05, 3.63) is 47.5 Å². The topological polar surface area (TPSA) is 60.9 Å². The number of aromatic amines is 1. The Labute approximate surface area is 92.1 Å². The second kappa shape index (κ2) is 4.76. The number of nitrogens with zero attached hydrogens (tertiary/aromatic N) is 1. The number of hydrogen-bond donors (Lipinski definition) is 3. The van der Waals surface area contributed by atoms with Gasteiger partial charge >= 0.3 is 0 Å². The number of nitrogens with one attached hydrogen (secondary N) is 2. The molecule has 5 heteroatoms. The lowest BCUT2D eigenvalue weighted by atomic mass is 10.2. The first-order valence-corrected chi connectivity index (χ1v) is 4.92. The Kier molecular flexibility index (Phi) is 3.16. The SMILES string of the molecule is Oc1ccc(CNCc2ccn[nH]2)cc1F. The molecule has 1 heterocycles. The summed E-state index contributed by atoms with van der Waals surface area (Å²) < 4.78 is 13.0. The molecule has 0 spiro atoms. The summed E-state index contributed by atoms with van der Waals surface area (Å²) in [5.41, 5.74) is 1.76. The monoisotopic (exact) mass is 221 g/mol. The van der Waals surface area contributed by atoms with Gasteiger partial charge in [-0.2, -0.15) is 5.10 Å². The summed E-state index contributed by atoms with van der Waals surface area (Å²) in [6, 6.07) is 6.21. The van der Waals surface area contributed by atoms with Crippen LogP contribution in [0.15, 0.2) is 30.5 Å². The van der Waals surface area contributed by atoms with Crippen LogP contribution < -0.4 is 5.32 Å². The molecule has 0 radical (unpaired) electrons. The molecule has 0 unspecified atom stereocenters. The largest absolute Gasteiger partial charge is 0.505 e. The standard InChI is InChI=1S/C11H12FN3O/c12-10-5-8(1-2-11(10)16)6-13-7-9-3-4-14-15-9/h1-5,13,16H,6-7H2,(H,14,15). The normalized spacial score (nSPS) is 10.6. The molecule has 0 saturated heterocycles. The Morgan fingerprint density at radius 3 is 2.88 bits per heavy atom. The van der Waals surface area contributed by atoms with Crippen LogP contribution in [0.1, 0.15) is 11.3 Å². The van der Waals surface area contributed by atoms with Gasteiger partial charge in [0.05, 0.1) is 0 Å². The molecule has 2 aromatic rings. The highest BCUT2D eigenvalue weighted by atomic mass is 19.1. The van der Waals surface area contributed by atoms with Crippen LogP contribution in [0.5, 0.6) is 5.75 Å². The fourth-order valence-corrected chi connectivity index (χ4v) is 1.39. The van der Waals surface area contributed by atoms with Gasteiger partial charge in [-0.15, -0.1) is 0 Å². The fourth-order valence-electron chi connectivity index (χ4n) is 1.39. The Morgan fingerprint density at radius 2 is 2.19 bits per heavy atom. The molecule has 0 aliphatic rings. The molecule has 84 valence electrons. The van der Waals surface area contributed by atoms with Crippen molar-refractivity contribution < 1.29 is 9.50 Å². The number of H-pyrrole nitrogens is 1.